The molecular formula is C25H25F3N4O5S. The number of aromatic nitrogens is 3. The molecule has 0 saturated carbocycles. The Kier molecular flexibility index (Phi) is 9.62. The molecule has 3 aromatic rings. The first kappa shape index (κ1) is 28.8. The number of thiol groups is 1. The van der Waals surface area contributed by atoms with Gasteiger partial charge >= 0.3 is 12.1 Å². The number of hydrogen-bond donors (Lipinski definition) is 4. The molecule has 0 radical (unpaired) electrons. The SMILES string of the molecule is CC#CCc1c(O)ccc(-c2nnc(S)n2-c2ccc(CN3CCOCC3)cc2)c1O.O=C(O)C(F)(F)F. The molecule has 0 spiro atoms. The summed E-state index contributed by atoms with van der Waals surface area (Å²) in [5.41, 5.74) is 2.85. The topological polar surface area (TPSA) is 121 Å². The van der Waals surface area contributed by atoms with Crippen LogP contribution in [0.4, 0.5) is 13.2 Å². The molecule has 1 aliphatic heterocycles. The fourth-order valence-electron chi connectivity index (χ4n) is 3.61. The normalized spacial score (nSPS) is 13.7. The minimum atomic E-state index is -5.08. The third-order valence-corrected chi connectivity index (χ3v) is 5.82. The molecule has 9 nitrogen and oxygen atoms in total. The predicted molar refractivity (Wildman–Crippen MR) is 134 cm³/mol. The number of hydrogen-bond acceptors (Lipinski definition) is 8. The number of halogens is 3. The molecule has 2 aromatic carbocycles. The van der Waals surface area contributed by atoms with Crippen molar-refractivity contribution in [2.45, 2.75) is 31.2 Å². The lowest BCUT2D eigenvalue weighted by Crippen LogP contribution is -2.35. The van der Waals surface area contributed by atoms with Crippen molar-refractivity contribution in [3.63, 3.8) is 0 Å². The highest BCUT2D eigenvalue weighted by atomic mass is 32.1. The first-order valence-electron chi connectivity index (χ1n) is 11.3. The molecule has 1 fully saturated rings. The van der Waals surface area contributed by atoms with Gasteiger partial charge in [-0.1, -0.05) is 18.1 Å². The van der Waals surface area contributed by atoms with Gasteiger partial charge in [0, 0.05) is 37.3 Å². The maximum atomic E-state index is 10.8. The van der Waals surface area contributed by atoms with Gasteiger partial charge in [-0.25, -0.2) is 4.79 Å². The zero-order valence-corrected chi connectivity index (χ0v) is 21.1. The molecular weight excluding hydrogens is 525 g/mol. The predicted octanol–water partition coefficient (Wildman–Crippen LogP) is 3.67. The van der Waals surface area contributed by atoms with Crippen molar-refractivity contribution in [3.05, 3.63) is 47.5 Å². The molecule has 2 heterocycles. The summed E-state index contributed by atoms with van der Waals surface area (Å²) in [4.78, 5) is 11.3. The lowest BCUT2D eigenvalue weighted by molar-refractivity contribution is -0.192. The van der Waals surface area contributed by atoms with Crippen LogP contribution in [0.1, 0.15) is 18.1 Å². The van der Waals surface area contributed by atoms with Gasteiger partial charge in [-0.05, 0) is 36.8 Å². The van der Waals surface area contributed by atoms with Crippen LogP contribution in [-0.2, 0) is 22.5 Å². The quantitative estimate of drug-likeness (QED) is 0.281. The van der Waals surface area contributed by atoms with Crippen molar-refractivity contribution in [2.75, 3.05) is 26.3 Å². The van der Waals surface area contributed by atoms with Gasteiger partial charge in [0.05, 0.1) is 18.8 Å². The minimum Gasteiger partial charge on any atom is -0.507 e. The highest BCUT2D eigenvalue weighted by Crippen LogP contribution is 2.38. The van der Waals surface area contributed by atoms with E-state index in [1.165, 1.54) is 11.6 Å². The molecule has 4 rings (SSSR count). The van der Waals surface area contributed by atoms with Gasteiger partial charge in [0.15, 0.2) is 11.0 Å². The van der Waals surface area contributed by atoms with Crippen molar-refractivity contribution >= 4 is 18.6 Å². The highest BCUT2D eigenvalue weighted by molar-refractivity contribution is 7.80. The summed E-state index contributed by atoms with van der Waals surface area (Å²) in [6.07, 6.45) is -4.85. The van der Waals surface area contributed by atoms with Crippen molar-refractivity contribution < 1.29 is 38.0 Å². The molecule has 1 aliphatic rings. The number of carboxylic acids is 1. The molecule has 202 valence electrons. The van der Waals surface area contributed by atoms with E-state index in [4.69, 9.17) is 14.6 Å². The fraction of sp³-hybridized carbons (Fsp3) is 0.320. The van der Waals surface area contributed by atoms with E-state index in [-0.39, 0.29) is 17.9 Å². The van der Waals surface area contributed by atoms with Crippen LogP contribution < -0.4 is 0 Å². The zero-order chi connectivity index (χ0) is 27.9. The van der Waals surface area contributed by atoms with Gasteiger partial charge in [0.2, 0.25) is 0 Å². The van der Waals surface area contributed by atoms with Crippen molar-refractivity contribution in [1.82, 2.24) is 19.7 Å². The van der Waals surface area contributed by atoms with E-state index in [9.17, 15) is 23.4 Å². The van der Waals surface area contributed by atoms with Crippen LogP contribution in [0.3, 0.4) is 0 Å². The molecule has 0 atom stereocenters. The lowest BCUT2D eigenvalue weighted by Gasteiger charge is -2.26. The molecule has 0 bridgehead atoms. The number of alkyl halides is 3. The monoisotopic (exact) mass is 550 g/mol. The standard InChI is InChI=1S/C23H24N4O3S.C2HF3O2/c1-2-3-4-18-20(28)10-9-19(21(18)29)22-24-25-23(31)27(22)17-7-5-16(6-8-17)15-26-11-13-30-14-12-26;3-2(4,5)1(6)7/h5-10,28-29H,4,11-15H2,1H3,(H,25,31);(H,6,7). The van der Waals surface area contributed by atoms with E-state index in [1.807, 2.05) is 12.1 Å². The van der Waals surface area contributed by atoms with Crippen molar-refractivity contribution in [1.29, 1.82) is 0 Å². The van der Waals surface area contributed by atoms with Crippen LogP contribution in [0.25, 0.3) is 17.1 Å². The van der Waals surface area contributed by atoms with Crippen molar-refractivity contribution in [2.24, 2.45) is 0 Å². The van der Waals surface area contributed by atoms with Crippen molar-refractivity contribution in [3.8, 4) is 40.4 Å². The summed E-state index contributed by atoms with van der Waals surface area (Å²) in [5, 5.41) is 36.8. The smallest absolute Gasteiger partial charge is 0.490 e. The number of rotatable bonds is 5. The second kappa shape index (κ2) is 12.7. The fourth-order valence-corrected chi connectivity index (χ4v) is 3.87. The van der Waals surface area contributed by atoms with Crippen LogP contribution in [0.2, 0.25) is 0 Å². The van der Waals surface area contributed by atoms with Gasteiger partial charge < -0.3 is 20.1 Å². The van der Waals surface area contributed by atoms with Crippen LogP contribution in [0.15, 0.2) is 41.6 Å². The van der Waals surface area contributed by atoms with E-state index in [1.54, 1.807) is 17.6 Å². The number of phenols is 2. The Bertz CT molecular complexity index is 1330. The molecule has 1 saturated heterocycles. The third kappa shape index (κ3) is 7.18. The summed E-state index contributed by atoms with van der Waals surface area (Å²) in [6, 6.07) is 11.3. The molecule has 0 amide bonds. The van der Waals surface area contributed by atoms with Crippen LogP contribution >= 0.6 is 12.6 Å². The number of carbonyl (C=O) groups is 1. The van der Waals surface area contributed by atoms with Gasteiger partial charge in [0.1, 0.15) is 11.5 Å². The Morgan fingerprint density at radius 1 is 1.11 bits per heavy atom. The number of carboxylic acid groups (broad SMARTS) is 1. The largest absolute Gasteiger partial charge is 0.507 e. The Labute approximate surface area is 221 Å². The van der Waals surface area contributed by atoms with Gasteiger partial charge in [-0.15, -0.1) is 28.7 Å². The number of phenolic OH excluding ortho intramolecular Hbond substituents is 2. The van der Waals surface area contributed by atoms with Crippen LogP contribution in [-0.4, -0.2) is 73.4 Å². The third-order valence-electron chi connectivity index (χ3n) is 5.53. The Balaban J connectivity index is 0.000000505. The van der Waals surface area contributed by atoms with E-state index in [0.717, 1.165) is 38.5 Å². The van der Waals surface area contributed by atoms with E-state index in [2.05, 4.69) is 51.7 Å². The van der Waals surface area contributed by atoms with E-state index >= 15 is 0 Å². The number of benzene rings is 2. The number of nitrogens with zero attached hydrogens (tertiary/aromatic N) is 4. The first-order chi connectivity index (χ1) is 18.0. The average Bonchev–Trinajstić information content (AvgIpc) is 3.26. The summed E-state index contributed by atoms with van der Waals surface area (Å²) < 4.78 is 38.9. The molecule has 13 heteroatoms. The van der Waals surface area contributed by atoms with E-state index < -0.39 is 12.1 Å². The van der Waals surface area contributed by atoms with Crippen LogP contribution in [0, 0.1) is 11.8 Å². The molecule has 3 N–H and O–H groups in total. The van der Waals surface area contributed by atoms with Gasteiger partial charge in [0.25, 0.3) is 0 Å². The maximum Gasteiger partial charge on any atom is 0.490 e. The minimum absolute atomic E-state index is 0.00590. The van der Waals surface area contributed by atoms with E-state index in [0.29, 0.717) is 22.1 Å². The second-order valence-electron chi connectivity index (χ2n) is 8.08. The Hall–Kier alpha value is -3.73. The van der Waals surface area contributed by atoms with Gasteiger partial charge in [-0.2, -0.15) is 13.2 Å². The second-order valence-corrected chi connectivity index (χ2v) is 8.48. The Morgan fingerprint density at radius 2 is 1.74 bits per heavy atom. The number of morpholine rings is 1. The average molecular weight is 551 g/mol. The summed E-state index contributed by atoms with van der Waals surface area (Å²) in [6.45, 7) is 5.99. The molecule has 0 aliphatic carbocycles. The number of aliphatic carboxylic acids is 1. The van der Waals surface area contributed by atoms with Crippen LogP contribution in [0.5, 0.6) is 11.5 Å². The lowest BCUT2D eigenvalue weighted by atomic mass is 10.0. The zero-order valence-electron chi connectivity index (χ0n) is 20.2. The Morgan fingerprint density at radius 3 is 2.32 bits per heavy atom. The number of aromatic hydroxyl groups is 2. The summed E-state index contributed by atoms with van der Waals surface area (Å²) >= 11 is 4.46. The maximum absolute atomic E-state index is 10.8. The van der Waals surface area contributed by atoms with Gasteiger partial charge in [-0.3, -0.25) is 9.47 Å². The summed E-state index contributed by atoms with van der Waals surface area (Å²) in [7, 11) is 0. The molecule has 1 aromatic heterocycles. The molecule has 38 heavy (non-hydrogen) atoms. The molecule has 0 unspecified atom stereocenters. The summed E-state index contributed by atoms with van der Waals surface area (Å²) in [5.74, 6) is 3.27. The first-order valence-corrected chi connectivity index (χ1v) is 11.7. The number of ether oxygens (including phenoxy) is 1. The highest BCUT2D eigenvalue weighted by Gasteiger charge is 2.38.